The molecule has 0 aromatic heterocycles. The van der Waals surface area contributed by atoms with Crippen LogP contribution in [-0.4, -0.2) is 36.6 Å². The lowest BCUT2D eigenvalue weighted by molar-refractivity contribution is -0.682. The van der Waals surface area contributed by atoms with Crippen LogP contribution < -0.4 is 22.4 Å². The van der Waals surface area contributed by atoms with Crippen LogP contribution in [0.15, 0.2) is 33.8 Å². The second kappa shape index (κ2) is 5.54. The lowest BCUT2D eigenvalue weighted by Crippen LogP contribution is -3.04. The summed E-state index contributed by atoms with van der Waals surface area (Å²) in [6.45, 7) is 1.04. The molecule has 0 saturated carbocycles. The third-order valence-corrected chi connectivity index (χ3v) is 3.54. The highest BCUT2D eigenvalue weighted by Gasteiger charge is 2.32. The Labute approximate surface area is 117 Å². The van der Waals surface area contributed by atoms with E-state index in [2.05, 4.69) is 9.98 Å². The first-order chi connectivity index (χ1) is 8.75. The van der Waals surface area contributed by atoms with Crippen molar-refractivity contribution in [2.45, 2.75) is 12.8 Å². The summed E-state index contributed by atoms with van der Waals surface area (Å²) in [4.78, 5) is 21.9. The number of amides is 1. The number of halogens is 1. The monoisotopic (exact) mass is 281 g/mol. The number of nitrogens with zero attached hydrogens (tertiary/aromatic N) is 3. The normalized spacial score (nSPS) is 28.3. The molecule has 3 rings (SSSR count). The summed E-state index contributed by atoms with van der Waals surface area (Å²) >= 11 is 0. The van der Waals surface area contributed by atoms with Gasteiger partial charge in [0.05, 0.1) is 12.4 Å². The fraction of sp³-hybridized carbons (Fsp3) is 0.417. The Morgan fingerprint density at radius 3 is 3.16 bits per heavy atom. The van der Waals surface area contributed by atoms with Crippen molar-refractivity contribution in [3.05, 3.63) is 23.8 Å². The van der Waals surface area contributed by atoms with Gasteiger partial charge in [0.2, 0.25) is 0 Å². The largest absolute Gasteiger partial charge is 1.00 e. The number of carbonyl (C=O) groups excluding carboxylic acids is 1. The number of likely N-dealkylation sites (tertiary alicyclic amines) is 1. The van der Waals surface area contributed by atoms with Gasteiger partial charge in [-0.1, -0.05) is 0 Å². The molecule has 19 heavy (non-hydrogen) atoms. The predicted molar refractivity (Wildman–Crippen MR) is 63.8 cm³/mol. The van der Waals surface area contributed by atoms with Crippen LogP contribution in [-0.2, 0) is 0 Å². The molecule has 0 spiro atoms. The van der Waals surface area contributed by atoms with E-state index < -0.39 is 6.09 Å². The molecule has 3 aliphatic rings. The number of hydrogen-bond acceptors (Lipinski definition) is 4. The van der Waals surface area contributed by atoms with Crippen molar-refractivity contribution in [3.63, 3.8) is 0 Å². The van der Waals surface area contributed by atoms with Gasteiger partial charge in [0.1, 0.15) is 18.0 Å². The molecule has 1 amide bonds. The van der Waals surface area contributed by atoms with Gasteiger partial charge in [-0.3, -0.25) is 4.99 Å². The smallest absolute Gasteiger partial charge is 0.198 e. The Balaban J connectivity index is 0.00000133. The molecule has 0 aromatic rings. The summed E-state index contributed by atoms with van der Waals surface area (Å²) in [7, 11) is 0. The second-order valence-corrected chi connectivity index (χ2v) is 4.66. The minimum absolute atomic E-state index is 0. The molecule has 7 heteroatoms. The first kappa shape index (κ1) is 13.8. The number of nitrogens with one attached hydrogen (secondary N) is 1. The van der Waals surface area contributed by atoms with Crippen LogP contribution in [0.25, 0.3) is 0 Å². The molecule has 0 radical (unpaired) electrons. The number of quaternary nitrogens is 1. The average Bonchev–Trinajstić information content (AvgIpc) is 2.82. The number of piperidine rings is 1. The number of carbonyl (C=O) groups is 1. The molecule has 1 saturated heterocycles. The summed E-state index contributed by atoms with van der Waals surface area (Å²) in [6, 6.07) is 0. The molecule has 102 valence electrons. The molecular weight excluding hydrogens is 268 g/mol. The van der Waals surface area contributed by atoms with E-state index in [0.29, 0.717) is 13.1 Å². The lowest BCUT2D eigenvalue weighted by atomic mass is 9.94. The van der Waals surface area contributed by atoms with Crippen molar-refractivity contribution in [3.8, 4) is 0 Å². The van der Waals surface area contributed by atoms with E-state index in [1.165, 1.54) is 4.90 Å². The van der Waals surface area contributed by atoms with Crippen molar-refractivity contribution in [1.82, 2.24) is 4.90 Å². The number of rotatable bonds is 1. The number of hydrogen-bond donors (Lipinski definition) is 1. The van der Waals surface area contributed by atoms with Crippen LogP contribution in [0.3, 0.4) is 0 Å². The maximum Gasteiger partial charge on any atom is 0.198 e. The zero-order chi connectivity index (χ0) is 12.5. The van der Waals surface area contributed by atoms with Gasteiger partial charge in [0.15, 0.2) is 12.0 Å². The first-order valence-electron chi connectivity index (χ1n) is 6.07. The topological polar surface area (TPSA) is 72.5 Å². The molecule has 1 fully saturated rings. The molecule has 2 atom stereocenters. The van der Waals surface area contributed by atoms with E-state index >= 15 is 0 Å². The van der Waals surface area contributed by atoms with Crippen LogP contribution in [0.4, 0.5) is 4.79 Å². The molecule has 3 aliphatic heterocycles. The van der Waals surface area contributed by atoms with Gasteiger partial charge in [-0.2, -0.15) is 0 Å². The highest BCUT2D eigenvalue weighted by Crippen LogP contribution is 2.26. The van der Waals surface area contributed by atoms with E-state index in [1.807, 2.05) is 12.5 Å². The summed E-state index contributed by atoms with van der Waals surface area (Å²) < 4.78 is 0. The van der Waals surface area contributed by atoms with Crippen molar-refractivity contribution >= 4 is 18.6 Å². The second-order valence-electron chi connectivity index (χ2n) is 4.66. The van der Waals surface area contributed by atoms with Gasteiger partial charge in [-0.05, 0) is 12.8 Å². The van der Waals surface area contributed by atoms with E-state index in [4.69, 9.17) is 0 Å². The SMILES string of the molecule is O=C([O-])N1CCCC(C2=C3C=NC=C[NH+]3C=N2)C1.[Cl-]. The van der Waals surface area contributed by atoms with Crippen molar-refractivity contribution < 1.29 is 27.2 Å². The number of aliphatic imine (C=N–C) groups is 2. The van der Waals surface area contributed by atoms with Gasteiger partial charge >= 0.3 is 0 Å². The highest BCUT2D eigenvalue weighted by molar-refractivity contribution is 5.81. The minimum Gasteiger partial charge on any atom is -1.00 e. The minimum atomic E-state index is -1.09. The molecule has 1 N–H and O–H groups in total. The molecule has 3 heterocycles. The van der Waals surface area contributed by atoms with Crippen LogP contribution >= 0.6 is 0 Å². The quantitative estimate of drug-likeness (QED) is 0.529. The molecule has 0 aromatic carbocycles. The summed E-state index contributed by atoms with van der Waals surface area (Å²) in [5.74, 6) is 0.151. The third-order valence-electron chi connectivity index (χ3n) is 3.54. The Bertz CT molecular complexity index is 498. The maximum atomic E-state index is 10.9. The predicted octanol–water partition coefficient (Wildman–Crippen LogP) is -4.26. The van der Waals surface area contributed by atoms with Crippen LogP contribution in [0.5, 0.6) is 0 Å². The third kappa shape index (κ3) is 2.54. The van der Waals surface area contributed by atoms with Crippen LogP contribution in [0.1, 0.15) is 12.8 Å². The summed E-state index contributed by atoms with van der Waals surface area (Å²) in [5.41, 5.74) is 1.99. The molecule has 2 unspecified atom stereocenters. The molecule has 6 nitrogen and oxygen atoms in total. The van der Waals surface area contributed by atoms with Gasteiger partial charge < -0.3 is 27.2 Å². The van der Waals surface area contributed by atoms with E-state index in [-0.39, 0.29) is 18.3 Å². The first-order valence-corrected chi connectivity index (χ1v) is 6.07. The van der Waals surface area contributed by atoms with Gasteiger partial charge in [-0.15, -0.1) is 0 Å². The van der Waals surface area contributed by atoms with Crippen molar-refractivity contribution in [2.24, 2.45) is 15.9 Å². The van der Waals surface area contributed by atoms with E-state index in [1.54, 1.807) is 12.4 Å². The Kier molecular flexibility index (Phi) is 4.01. The van der Waals surface area contributed by atoms with Crippen LogP contribution in [0, 0.1) is 5.92 Å². The highest BCUT2D eigenvalue weighted by atomic mass is 35.5. The average molecular weight is 282 g/mol. The zero-order valence-electron chi connectivity index (χ0n) is 10.3. The summed E-state index contributed by atoms with van der Waals surface area (Å²) in [6.07, 6.45) is 8.01. The molecular formula is C12H14ClN4O2-. The zero-order valence-corrected chi connectivity index (χ0v) is 11.0. The van der Waals surface area contributed by atoms with Crippen molar-refractivity contribution in [2.75, 3.05) is 13.1 Å². The number of carboxylic acid groups (broad SMARTS) is 1. The standard InChI is InChI=1S/C12H14N4O2.ClH/c17-12(18)15-4-1-2-9(7-15)11-10-6-13-3-5-16(10)8-14-11;/h3,5-6,8-9H,1-2,4,7H2,(H,17,18);1H/p-1. The van der Waals surface area contributed by atoms with Crippen LogP contribution in [0.2, 0.25) is 0 Å². The Hall–Kier alpha value is -1.66. The fourth-order valence-electron chi connectivity index (χ4n) is 2.63. The fourth-order valence-corrected chi connectivity index (χ4v) is 2.63. The van der Waals surface area contributed by atoms with E-state index in [9.17, 15) is 9.90 Å². The number of allylic oxidation sites excluding steroid dienone is 1. The van der Waals surface area contributed by atoms with Crippen molar-refractivity contribution in [1.29, 1.82) is 0 Å². The maximum absolute atomic E-state index is 10.9. The Morgan fingerprint density at radius 2 is 2.37 bits per heavy atom. The van der Waals surface area contributed by atoms with Gasteiger partial charge in [0.25, 0.3) is 0 Å². The summed E-state index contributed by atoms with van der Waals surface area (Å²) in [5, 5.41) is 10.9. The number of fused-ring (bicyclic) bond motifs is 1. The van der Waals surface area contributed by atoms with Gasteiger partial charge in [-0.25, -0.2) is 9.89 Å². The Morgan fingerprint density at radius 1 is 1.53 bits per heavy atom. The van der Waals surface area contributed by atoms with E-state index in [0.717, 1.165) is 29.1 Å². The molecule has 0 aliphatic carbocycles. The van der Waals surface area contributed by atoms with Gasteiger partial charge in [0, 0.05) is 19.0 Å². The molecule has 0 bridgehead atoms. The lowest BCUT2D eigenvalue weighted by Gasteiger charge is -2.34.